The van der Waals surface area contributed by atoms with Gasteiger partial charge in [-0.1, -0.05) is 6.92 Å². The van der Waals surface area contributed by atoms with E-state index in [0.29, 0.717) is 0 Å². The number of rotatable bonds is 6. The predicted octanol–water partition coefficient (Wildman–Crippen LogP) is 1.61. The molecule has 94 valence electrons. The Labute approximate surface area is 99.3 Å². The van der Waals surface area contributed by atoms with Gasteiger partial charge in [0.05, 0.1) is 12.1 Å². The molecule has 2 N–H and O–H groups in total. The van der Waals surface area contributed by atoms with Gasteiger partial charge < -0.3 is 10.5 Å². The van der Waals surface area contributed by atoms with Crippen molar-refractivity contribution < 1.29 is 4.74 Å². The molecule has 16 heavy (non-hydrogen) atoms. The Hall–Kier alpha value is -0.120. The number of ether oxygens (including phenoxy) is 1. The highest BCUT2D eigenvalue weighted by molar-refractivity contribution is 5.06. The van der Waals surface area contributed by atoms with Crippen LogP contribution in [0.15, 0.2) is 0 Å². The van der Waals surface area contributed by atoms with Gasteiger partial charge in [-0.25, -0.2) is 0 Å². The minimum atomic E-state index is 0.145. The molecule has 0 radical (unpaired) electrons. The summed E-state index contributed by atoms with van der Waals surface area (Å²) in [5, 5.41) is 0. The zero-order chi connectivity index (χ0) is 11.6. The third kappa shape index (κ3) is 2.01. The first kappa shape index (κ1) is 12.3. The predicted molar refractivity (Wildman–Crippen MR) is 66.4 cm³/mol. The first-order valence-corrected chi connectivity index (χ1v) is 6.74. The molecule has 1 aliphatic heterocycles. The van der Waals surface area contributed by atoms with Crippen LogP contribution in [0, 0.1) is 5.92 Å². The van der Waals surface area contributed by atoms with Crippen molar-refractivity contribution in [3.63, 3.8) is 0 Å². The van der Waals surface area contributed by atoms with E-state index in [1.54, 1.807) is 0 Å². The number of methoxy groups -OCH3 is 1. The van der Waals surface area contributed by atoms with Crippen LogP contribution in [0.4, 0.5) is 0 Å². The van der Waals surface area contributed by atoms with Gasteiger partial charge in [0.15, 0.2) is 0 Å². The van der Waals surface area contributed by atoms with E-state index in [-0.39, 0.29) is 5.54 Å². The van der Waals surface area contributed by atoms with Crippen molar-refractivity contribution in [3.05, 3.63) is 0 Å². The number of nitrogens with two attached hydrogens (primary N) is 1. The molecule has 3 heteroatoms. The van der Waals surface area contributed by atoms with Crippen molar-refractivity contribution in [2.45, 2.75) is 50.6 Å². The van der Waals surface area contributed by atoms with Crippen LogP contribution in [0.25, 0.3) is 0 Å². The van der Waals surface area contributed by atoms with Gasteiger partial charge in [0.2, 0.25) is 0 Å². The zero-order valence-electron chi connectivity index (χ0n) is 10.7. The molecular weight excluding hydrogens is 200 g/mol. The van der Waals surface area contributed by atoms with Crippen LogP contribution in [0.5, 0.6) is 0 Å². The first-order chi connectivity index (χ1) is 7.78. The monoisotopic (exact) mass is 226 g/mol. The highest BCUT2D eigenvalue weighted by atomic mass is 16.5. The van der Waals surface area contributed by atoms with Crippen molar-refractivity contribution >= 4 is 0 Å². The van der Waals surface area contributed by atoms with Gasteiger partial charge in [-0.3, -0.25) is 4.90 Å². The van der Waals surface area contributed by atoms with Gasteiger partial charge in [0, 0.05) is 19.7 Å². The maximum absolute atomic E-state index is 6.11. The maximum atomic E-state index is 6.11. The Morgan fingerprint density at radius 1 is 1.38 bits per heavy atom. The van der Waals surface area contributed by atoms with E-state index in [1.165, 1.54) is 38.6 Å². The van der Waals surface area contributed by atoms with Crippen LogP contribution in [0.1, 0.15) is 39.0 Å². The van der Waals surface area contributed by atoms with Crippen LogP contribution in [0.3, 0.4) is 0 Å². The van der Waals surface area contributed by atoms with Crippen LogP contribution in [-0.2, 0) is 4.74 Å². The lowest BCUT2D eigenvalue weighted by Gasteiger charge is -2.44. The number of hydrogen-bond acceptors (Lipinski definition) is 3. The Balaban J connectivity index is 2.15. The van der Waals surface area contributed by atoms with Gasteiger partial charge in [0.1, 0.15) is 0 Å². The summed E-state index contributed by atoms with van der Waals surface area (Å²) in [5.41, 5.74) is 6.25. The second-order valence-electron chi connectivity index (χ2n) is 5.41. The quantitative estimate of drug-likeness (QED) is 0.748. The fourth-order valence-corrected chi connectivity index (χ4v) is 3.50. The van der Waals surface area contributed by atoms with E-state index in [0.717, 1.165) is 25.1 Å². The molecule has 0 aromatic rings. The Morgan fingerprint density at radius 3 is 2.62 bits per heavy atom. The summed E-state index contributed by atoms with van der Waals surface area (Å²) in [6.07, 6.45) is 6.60. The first-order valence-electron chi connectivity index (χ1n) is 6.74. The summed E-state index contributed by atoms with van der Waals surface area (Å²) in [6.45, 7) is 5.08. The summed E-state index contributed by atoms with van der Waals surface area (Å²) in [5.74, 6) is 0.782. The highest BCUT2D eigenvalue weighted by Crippen LogP contribution is 2.45. The van der Waals surface area contributed by atoms with Crippen molar-refractivity contribution in [3.8, 4) is 0 Å². The summed E-state index contributed by atoms with van der Waals surface area (Å²) < 4.78 is 5.48. The summed E-state index contributed by atoms with van der Waals surface area (Å²) in [7, 11) is 1.81. The molecule has 3 nitrogen and oxygen atoms in total. The minimum Gasteiger partial charge on any atom is -0.383 e. The van der Waals surface area contributed by atoms with Crippen molar-refractivity contribution in [2.75, 3.05) is 26.8 Å². The Morgan fingerprint density at radius 2 is 2.12 bits per heavy atom. The molecule has 2 atom stereocenters. The van der Waals surface area contributed by atoms with E-state index in [1.807, 2.05) is 7.11 Å². The third-order valence-electron chi connectivity index (χ3n) is 4.51. The third-order valence-corrected chi connectivity index (χ3v) is 4.51. The van der Waals surface area contributed by atoms with E-state index in [4.69, 9.17) is 10.5 Å². The standard InChI is InChI=1S/C13H26N2O/c1-3-12-5-4-8-15(12)13(9-14,10-16-2)11-6-7-11/h11-12H,3-10,14H2,1-2H3. The smallest absolute Gasteiger partial charge is 0.0661 e. The van der Waals surface area contributed by atoms with Crippen LogP contribution < -0.4 is 5.73 Å². The molecule has 1 saturated carbocycles. The molecule has 2 fully saturated rings. The molecule has 0 bridgehead atoms. The van der Waals surface area contributed by atoms with E-state index < -0.39 is 0 Å². The zero-order valence-corrected chi connectivity index (χ0v) is 10.7. The van der Waals surface area contributed by atoms with Gasteiger partial charge in [-0.2, -0.15) is 0 Å². The molecule has 0 spiro atoms. The molecule has 1 aliphatic carbocycles. The van der Waals surface area contributed by atoms with E-state index in [9.17, 15) is 0 Å². The maximum Gasteiger partial charge on any atom is 0.0661 e. The van der Waals surface area contributed by atoms with Gasteiger partial charge in [-0.05, 0) is 44.6 Å². The average Bonchev–Trinajstić information content (AvgIpc) is 3.04. The lowest BCUT2D eigenvalue weighted by Crippen LogP contribution is -2.60. The number of hydrogen-bond donors (Lipinski definition) is 1. The van der Waals surface area contributed by atoms with Gasteiger partial charge in [0.25, 0.3) is 0 Å². The molecular formula is C13H26N2O. The van der Waals surface area contributed by atoms with Crippen molar-refractivity contribution in [2.24, 2.45) is 11.7 Å². The largest absolute Gasteiger partial charge is 0.383 e. The average molecular weight is 226 g/mol. The lowest BCUT2D eigenvalue weighted by molar-refractivity contribution is -0.00942. The molecule has 2 unspecified atom stereocenters. The van der Waals surface area contributed by atoms with Gasteiger partial charge >= 0.3 is 0 Å². The minimum absolute atomic E-state index is 0.145. The van der Waals surface area contributed by atoms with Crippen LogP contribution >= 0.6 is 0 Å². The van der Waals surface area contributed by atoms with E-state index in [2.05, 4.69) is 11.8 Å². The molecule has 1 heterocycles. The van der Waals surface area contributed by atoms with Crippen molar-refractivity contribution in [1.29, 1.82) is 0 Å². The molecule has 2 aliphatic rings. The molecule has 0 aromatic heterocycles. The second-order valence-corrected chi connectivity index (χ2v) is 5.41. The van der Waals surface area contributed by atoms with Crippen molar-refractivity contribution in [1.82, 2.24) is 4.90 Å². The fourth-order valence-electron chi connectivity index (χ4n) is 3.50. The topological polar surface area (TPSA) is 38.5 Å². The lowest BCUT2D eigenvalue weighted by atomic mass is 9.90. The van der Waals surface area contributed by atoms with Crippen LogP contribution in [-0.4, -0.2) is 43.3 Å². The molecule has 0 aromatic carbocycles. The van der Waals surface area contributed by atoms with Crippen LogP contribution in [0.2, 0.25) is 0 Å². The normalized spacial score (nSPS) is 30.6. The molecule has 1 saturated heterocycles. The van der Waals surface area contributed by atoms with Gasteiger partial charge in [-0.15, -0.1) is 0 Å². The molecule has 0 amide bonds. The fraction of sp³-hybridized carbons (Fsp3) is 1.00. The highest BCUT2D eigenvalue weighted by Gasteiger charge is 2.51. The number of nitrogens with zero attached hydrogens (tertiary/aromatic N) is 1. The second kappa shape index (κ2) is 5.03. The number of likely N-dealkylation sites (tertiary alicyclic amines) is 1. The summed E-state index contributed by atoms with van der Waals surface area (Å²) in [6, 6.07) is 0.735. The SMILES string of the molecule is CCC1CCCN1C(CN)(COC)C1CC1. The Kier molecular flexibility index (Phi) is 3.88. The molecule has 2 rings (SSSR count). The summed E-state index contributed by atoms with van der Waals surface area (Å²) in [4.78, 5) is 2.67. The summed E-state index contributed by atoms with van der Waals surface area (Å²) >= 11 is 0. The Bertz CT molecular complexity index is 230. The van der Waals surface area contributed by atoms with E-state index >= 15 is 0 Å².